The summed E-state index contributed by atoms with van der Waals surface area (Å²) in [4.78, 5) is 44.5. The van der Waals surface area contributed by atoms with Crippen molar-refractivity contribution in [1.82, 2.24) is 14.9 Å². The zero-order chi connectivity index (χ0) is 30.2. The molecule has 43 heavy (non-hydrogen) atoms. The summed E-state index contributed by atoms with van der Waals surface area (Å²) < 4.78 is 27.8. The van der Waals surface area contributed by atoms with Gasteiger partial charge in [-0.2, -0.15) is 0 Å². The lowest BCUT2D eigenvalue weighted by Gasteiger charge is -2.31. The second-order valence-corrected chi connectivity index (χ2v) is 14.4. The van der Waals surface area contributed by atoms with Crippen molar-refractivity contribution in [3.05, 3.63) is 61.7 Å². The lowest BCUT2D eigenvalue weighted by Crippen LogP contribution is -2.44. The number of ether oxygens (including phenoxy) is 2. The Bertz CT molecular complexity index is 1780. The van der Waals surface area contributed by atoms with Gasteiger partial charge in [0.15, 0.2) is 5.60 Å². The molecule has 0 radical (unpaired) electrons. The van der Waals surface area contributed by atoms with Crippen LogP contribution < -0.4 is 10.9 Å². The van der Waals surface area contributed by atoms with E-state index in [0.29, 0.717) is 35.3 Å². The number of aromatic nitrogens is 2. The second kappa shape index (κ2) is 10.5. The normalized spacial score (nSPS) is 25.2. The van der Waals surface area contributed by atoms with Crippen molar-refractivity contribution < 1.29 is 28.6 Å². The molecule has 7 rings (SSSR count). The maximum atomic E-state index is 15.1. The number of aliphatic hydroxyl groups is 1. The minimum Gasteiger partial charge on any atom is -0.458 e. The van der Waals surface area contributed by atoms with Crippen LogP contribution in [0.1, 0.15) is 78.5 Å². The molecule has 4 heterocycles. The van der Waals surface area contributed by atoms with E-state index in [9.17, 15) is 19.5 Å². The number of esters is 1. The molecule has 2 aliphatic carbocycles. The third-order valence-electron chi connectivity index (χ3n) is 9.54. The van der Waals surface area contributed by atoms with E-state index in [1.54, 1.807) is 46.1 Å². The Balaban J connectivity index is 1.35. The van der Waals surface area contributed by atoms with Crippen molar-refractivity contribution in [3.8, 4) is 11.4 Å². The maximum Gasteiger partial charge on any atom is 0.407 e. The van der Waals surface area contributed by atoms with Crippen LogP contribution in [0.5, 0.6) is 0 Å². The number of nitrogens with one attached hydrogen (secondary N) is 1. The van der Waals surface area contributed by atoms with Gasteiger partial charge in [-0.05, 0) is 74.5 Å². The van der Waals surface area contributed by atoms with Crippen molar-refractivity contribution in [2.45, 2.75) is 88.5 Å². The molecule has 226 valence electrons. The number of pyridine rings is 2. The predicted molar refractivity (Wildman–Crippen MR) is 162 cm³/mol. The van der Waals surface area contributed by atoms with Gasteiger partial charge < -0.3 is 24.5 Å². The van der Waals surface area contributed by atoms with E-state index in [-0.39, 0.29) is 53.4 Å². The monoisotopic (exact) mass is 625 g/mol. The van der Waals surface area contributed by atoms with Crippen molar-refractivity contribution in [1.29, 1.82) is 0 Å². The minimum absolute atomic E-state index is 0.0320. The van der Waals surface area contributed by atoms with Crippen LogP contribution in [-0.2, 0) is 39.4 Å². The van der Waals surface area contributed by atoms with E-state index in [1.807, 2.05) is 6.26 Å². The highest BCUT2D eigenvalue weighted by Crippen LogP contribution is 2.46. The fourth-order valence-electron chi connectivity index (χ4n) is 7.27. The molecule has 0 saturated heterocycles. The number of nitrogens with zero attached hydrogens (tertiary/aromatic N) is 2. The quantitative estimate of drug-likeness (QED) is 0.229. The van der Waals surface area contributed by atoms with Gasteiger partial charge in [0.1, 0.15) is 18.5 Å². The zero-order valence-corrected chi connectivity index (χ0v) is 25.8. The first-order valence-electron chi connectivity index (χ1n) is 14.6. The summed E-state index contributed by atoms with van der Waals surface area (Å²) in [6.45, 7) is 3.37. The van der Waals surface area contributed by atoms with Crippen molar-refractivity contribution >= 4 is 44.6 Å². The van der Waals surface area contributed by atoms with Gasteiger partial charge in [-0.25, -0.2) is 19.0 Å². The molecule has 12 heteroatoms. The number of rotatable bonds is 5. The first-order chi connectivity index (χ1) is 20.7. The number of alkyl carbamates (subject to hydrolysis) is 1. The van der Waals surface area contributed by atoms with Gasteiger partial charge in [0, 0.05) is 22.6 Å². The summed E-state index contributed by atoms with van der Waals surface area (Å²) in [6, 6.07) is 2.61. The molecule has 4 atom stereocenters. The molecule has 1 fully saturated rings. The Labute approximate surface area is 255 Å². The van der Waals surface area contributed by atoms with Crippen LogP contribution in [0.15, 0.2) is 16.9 Å². The van der Waals surface area contributed by atoms with Crippen molar-refractivity contribution in [2.24, 2.45) is 0 Å². The van der Waals surface area contributed by atoms with Crippen LogP contribution in [0.25, 0.3) is 22.3 Å². The minimum atomic E-state index is -1.95. The molecular formula is C31H32FN3O6S2. The molecule has 0 unspecified atom stereocenters. The predicted octanol–water partition coefficient (Wildman–Crippen LogP) is 5.17. The van der Waals surface area contributed by atoms with Gasteiger partial charge in [0.2, 0.25) is 0 Å². The summed E-state index contributed by atoms with van der Waals surface area (Å²) in [5, 5.41) is 15.4. The van der Waals surface area contributed by atoms with E-state index in [0.717, 1.165) is 41.3 Å². The Hall–Kier alpha value is -3.09. The molecule has 2 aliphatic heterocycles. The molecule has 0 spiro atoms. The second-order valence-electron chi connectivity index (χ2n) is 11.7. The van der Waals surface area contributed by atoms with Crippen molar-refractivity contribution in [3.63, 3.8) is 0 Å². The number of hydrogen-bond acceptors (Lipinski definition) is 9. The Morgan fingerprint density at radius 2 is 2.07 bits per heavy atom. The Kier molecular flexibility index (Phi) is 7.01. The zero-order valence-electron chi connectivity index (χ0n) is 24.1. The van der Waals surface area contributed by atoms with E-state index in [4.69, 9.17) is 14.5 Å². The third-order valence-corrected chi connectivity index (χ3v) is 11.8. The first-order valence-corrected chi connectivity index (χ1v) is 17.3. The van der Waals surface area contributed by atoms with Crippen LogP contribution in [0.2, 0.25) is 0 Å². The Morgan fingerprint density at radius 3 is 2.84 bits per heavy atom. The van der Waals surface area contributed by atoms with Crippen LogP contribution in [-0.4, -0.2) is 44.3 Å². The number of halogens is 1. The van der Waals surface area contributed by atoms with Gasteiger partial charge in [0.25, 0.3) is 5.56 Å². The number of aryl methyl sites for hydroxylation is 1. The molecule has 4 aliphatic rings. The van der Waals surface area contributed by atoms with E-state index >= 15 is 4.39 Å². The van der Waals surface area contributed by atoms with Crippen LogP contribution >= 0.6 is 21.6 Å². The molecule has 2 N–H and O–H groups in total. The van der Waals surface area contributed by atoms with E-state index < -0.39 is 23.7 Å². The summed E-state index contributed by atoms with van der Waals surface area (Å²) in [6.07, 6.45) is 5.33. The Morgan fingerprint density at radius 1 is 1.26 bits per heavy atom. The van der Waals surface area contributed by atoms with Gasteiger partial charge in [-0.3, -0.25) is 4.79 Å². The number of fused-ring (bicyclic) bond motifs is 5. The van der Waals surface area contributed by atoms with Gasteiger partial charge in [0.05, 0.1) is 40.3 Å². The average Bonchev–Trinajstić information content (AvgIpc) is 3.58. The molecule has 2 aromatic heterocycles. The molecule has 1 aromatic carbocycles. The van der Waals surface area contributed by atoms with Crippen molar-refractivity contribution in [2.75, 3.05) is 6.26 Å². The largest absolute Gasteiger partial charge is 0.458 e. The summed E-state index contributed by atoms with van der Waals surface area (Å²) >= 11 is 0. The number of hydrogen-bond donors (Lipinski definition) is 2. The highest BCUT2D eigenvalue weighted by Gasteiger charge is 2.46. The van der Waals surface area contributed by atoms with Gasteiger partial charge in [-0.1, -0.05) is 28.5 Å². The van der Waals surface area contributed by atoms with Crippen LogP contribution in [0.4, 0.5) is 9.18 Å². The highest BCUT2D eigenvalue weighted by atomic mass is 33.1. The smallest absolute Gasteiger partial charge is 0.407 e. The van der Waals surface area contributed by atoms with Gasteiger partial charge in [-0.15, -0.1) is 0 Å². The number of carbonyl (C=O) groups excluding carboxylic acids is 2. The summed E-state index contributed by atoms with van der Waals surface area (Å²) in [5.74, 6) is -1.16. The van der Waals surface area contributed by atoms with E-state index in [1.165, 1.54) is 6.07 Å². The number of amides is 1. The third kappa shape index (κ3) is 4.31. The van der Waals surface area contributed by atoms with Crippen LogP contribution in [0.3, 0.4) is 0 Å². The molecule has 0 bridgehead atoms. The molecule has 3 aromatic rings. The standard InChI is InChI=1S/C31H32FN3O6S2/c1-4-31(39)18-10-22-27-16(12-35(22)28(36)17(18)13-40-29(31)37)26-20(34-30(38)41-23-6-5-7-24(23)43-42-3)9-8-15-14(2)19(32)11-21(33-27)25(15)26/h10-11,20,23-24,39H,4-9,12-13H2,1-3H3,(H,34,38)/t20-,23+,24+,31-/m0/s1. The fourth-order valence-corrected chi connectivity index (χ4v) is 9.50. The summed E-state index contributed by atoms with van der Waals surface area (Å²) in [7, 11) is 3.41. The molecular weight excluding hydrogens is 593 g/mol. The van der Waals surface area contributed by atoms with E-state index in [2.05, 4.69) is 5.32 Å². The maximum absolute atomic E-state index is 15.1. The molecule has 1 amide bonds. The number of cyclic esters (lactones) is 1. The SMILES string of the molecule is CC[C@@]1(O)C(=O)OCc2c1cc1n(c2=O)Cc2c-1nc1cc(F)c(C)c3c1c2[C@@H](NC(=O)O[C@@H]1CCC[C@H]1SSC)CC3. The number of benzene rings is 1. The van der Waals surface area contributed by atoms with Gasteiger partial charge >= 0.3 is 12.1 Å². The highest BCUT2D eigenvalue weighted by molar-refractivity contribution is 8.76. The first kappa shape index (κ1) is 28.7. The summed E-state index contributed by atoms with van der Waals surface area (Å²) in [5.41, 5.74) is 2.43. The fraction of sp³-hybridized carbons (Fsp3) is 0.484. The number of carbonyl (C=O) groups is 2. The topological polar surface area (TPSA) is 120 Å². The molecule has 9 nitrogen and oxygen atoms in total. The lowest BCUT2D eigenvalue weighted by atomic mass is 9.81. The molecule has 1 saturated carbocycles. The van der Waals surface area contributed by atoms with Crippen LogP contribution in [0, 0.1) is 12.7 Å². The lowest BCUT2D eigenvalue weighted by molar-refractivity contribution is -0.172. The average molecular weight is 626 g/mol.